The number of hydrogen-bond acceptors (Lipinski definition) is 4. The molecular weight excluding hydrogens is 459 g/mol. The first kappa shape index (κ1) is 21.4. The lowest BCUT2D eigenvalue weighted by Crippen LogP contribution is -2.43. The number of fused-ring (bicyclic) bond motifs is 1. The van der Waals surface area contributed by atoms with Gasteiger partial charge in [0.2, 0.25) is 0 Å². The maximum absolute atomic E-state index is 10.5. The molecule has 1 aromatic carbocycles. The first-order valence-electron chi connectivity index (χ1n) is 8.95. The molecule has 7 heteroatoms. The van der Waals surface area contributed by atoms with Gasteiger partial charge in [-0.2, -0.15) is 0 Å². The van der Waals surface area contributed by atoms with Crippen molar-refractivity contribution in [1.29, 1.82) is 0 Å². The fourth-order valence-electron chi connectivity index (χ4n) is 3.19. The van der Waals surface area contributed by atoms with Gasteiger partial charge in [-0.1, -0.05) is 18.2 Å². The Morgan fingerprint density at radius 3 is 2.73 bits per heavy atom. The molecule has 5 nitrogen and oxygen atoms in total. The number of nitrogens with one attached hydrogen (secondary N) is 2. The summed E-state index contributed by atoms with van der Waals surface area (Å²) in [5.74, 6) is 1.46. The second kappa shape index (κ2) is 10.4. The van der Waals surface area contributed by atoms with Crippen LogP contribution in [0, 0.1) is 5.92 Å². The Morgan fingerprint density at radius 1 is 1.31 bits per heavy atom. The molecule has 3 rings (SSSR count). The monoisotopic (exact) mass is 488 g/mol. The molecule has 1 atom stereocenters. The normalized spacial score (nSPS) is 17.7. The number of guanidine groups is 1. The van der Waals surface area contributed by atoms with Gasteiger partial charge in [-0.25, -0.2) is 0 Å². The van der Waals surface area contributed by atoms with Crippen LogP contribution in [0.4, 0.5) is 0 Å². The fraction of sp³-hybridized carbons (Fsp3) is 0.526. The average molecular weight is 488 g/mol. The maximum Gasteiger partial charge on any atom is 0.191 e. The smallest absolute Gasteiger partial charge is 0.191 e. The van der Waals surface area contributed by atoms with E-state index in [0.717, 1.165) is 17.4 Å². The van der Waals surface area contributed by atoms with Gasteiger partial charge >= 0.3 is 0 Å². The van der Waals surface area contributed by atoms with Crippen molar-refractivity contribution in [3.63, 3.8) is 0 Å². The minimum atomic E-state index is -0.528. The van der Waals surface area contributed by atoms with Crippen LogP contribution in [-0.4, -0.2) is 56.2 Å². The van der Waals surface area contributed by atoms with E-state index in [9.17, 15) is 5.11 Å². The van der Waals surface area contributed by atoms with Crippen LogP contribution in [0.1, 0.15) is 23.8 Å². The topological polar surface area (TPSA) is 59.9 Å². The van der Waals surface area contributed by atoms with Crippen LogP contribution in [0.15, 0.2) is 35.3 Å². The SMILES string of the molecule is CN=C(NCC1CCN(C)CC1)NCC(O)c1cc2ccccc2s1.I. The molecule has 1 aromatic heterocycles. The van der Waals surface area contributed by atoms with E-state index in [-0.39, 0.29) is 24.0 Å². The van der Waals surface area contributed by atoms with Crippen LogP contribution < -0.4 is 10.6 Å². The van der Waals surface area contributed by atoms with Crippen molar-refractivity contribution in [2.75, 3.05) is 40.3 Å². The van der Waals surface area contributed by atoms with Crippen molar-refractivity contribution >= 4 is 51.4 Å². The molecule has 26 heavy (non-hydrogen) atoms. The molecule has 2 heterocycles. The molecule has 0 saturated carbocycles. The molecule has 0 bridgehead atoms. The second-order valence-corrected chi connectivity index (χ2v) is 7.90. The quantitative estimate of drug-likeness (QED) is 0.344. The van der Waals surface area contributed by atoms with E-state index in [2.05, 4.69) is 45.8 Å². The predicted octanol–water partition coefficient (Wildman–Crippen LogP) is 3.06. The van der Waals surface area contributed by atoms with Gasteiger partial charge in [0, 0.05) is 29.7 Å². The number of rotatable bonds is 5. The third-order valence-corrected chi connectivity index (χ3v) is 6.07. The average Bonchev–Trinajstić information content (AvgIpc) is 3.07. The molecule has 0 spiro atoms. The molecule has 1 saturated heterocycles. The van der Waals surface area contributed by atoms with Gasteiger partial charge in [0.25, 0.3) is 0 Å². The summed E-state index contributed by atoms with van der Waals surface area (Å²) in [4.78, 5) is 7.64. The van der Waals surface area contributed by atoms with Crippen molar-refractivity contribution in [2.24, 2.45) is 10.9 Å². The Balaban J connectivity index is 0.00000243. The summed E-state index contributed by atoms with van der Waals surface area (Å²) in [6.07, 6.45) is 1.93. The van der Waals surface area contributed by atoms with E-state index in [1.807, 2.05) is 12.1 Å². The number of benzene rings is 1. The van der Waals surface area contributed by atoms with E-state index in [4.69, 9.17) is 0 Å². The number of aliphatic hydroxyl groups is 1. The van der Waals surface area contributed by atoms with E-state index in [1.165, 1.54) is 36.0 Å². The van der Waals surface area contributed by atoms with Crippen LogP contribution in [0.2, 0.25) is 0 Å². The number of aliphatic imine (C=N–C) groups is 1. The minimum Gasteiger partial charge on any atom is -0.386 e. The molecular formula is C19H29IN4OS. The van der Waals surface area contributed by atoms with Crippen molar-refractivity contribution in [3.8, 4) is 0 Å². The number of likely N-dealkylation sites (tertiary alicyclic amines) is 1. The zero-order valence-electron chi connectivity index (χ0n) is 15.4. The molecule has 1 aliphatic rings. The predicted molar refractivity (Wildman–Crippen MR) is 122 cm³/mol. The van der Waals surface area contributed by atoms with Gasteiger partial charge < -0.3 is 20.6 Å². The summed E-state index contributed by atoms with van der Waals surface area (Å²) >= 11 is 1.65. The van der Waals surface area contributed by atoms with Gasteiger partial charge in [-0.3, -0.25) is 4.99 Å². The Hall–Kier alpha value is -0.900. The van der Waals surface area contributed by atoms with Gasteiger partial charge in [0.05, 0.1) is 0 Å². The molecule has 3 N–H and O–H groups in total. The third kappa shape index (κ3) is 5.80. The first-order valence-corrected chi connectivity index (χ1v) is 9.77. The summed E-state index contributed by atoms with van der Waals surface area (Å²) < 4.78 is 1.21. The highest BCUT2D eigenvalue weighted by atomic mass is 127. The summed E-state index contributed by atoms with van der Waals surface area (Å²) in [7, 11) is 3.95. The van der Waals surface area contributed by atoms with Crippen molar-refractivity contribution in [3.05, 3.63) is 35.2 Å². The van der Waals surface area contributed by atoms with Crippen LogP contribution in [0.3, 0.4) is 0 Å². The summed E-state index contributed by atoms with van der Waals surface area (Å²) in [6.45, 7) is 3.73. The van der Waals surface area contributed by atoms with Gasteiger partial charge in [-0.15, -0.1) is 35.3 Å². The first-order chi connectivity index (χ1) is 12.2. The van der Waals surface area contributed by atoms with E-state index >= 15 is 0 Å². The van der Waals surface area contributed by atoms with Gasteiger partial charge in [0.15, 0.2) is 5.96 Å². The minimum absolute atomic E-state index is 0. The zero-order chi connectivity index (χ0) is 17.6. The van der Waals surface area contributed by atoms with E-state index in [0.29, 0.717) is 12.5 Å². The Labute approximate surface area is 176 Å². The lowest BCUT2D eigenvalue weighted by molar-refractivity contribution is 0.184. The molecule has 1 aliphatic heterocycles. The van der Waals surface area contributed by atoms with Crippen LogP contribution in [-0.2, 0) is 0 Å². The highest BCUT2D eigenvalue weighted by Crippen LogP contribution is 2.29. The van der Waals surface area contributed by atoms with Crippen molar-refractivity contribution in [1.82, 2.24) is 15.5 Å². The van der Waals surface area contributed by atoms with Crippen molar-refractivity contribution < 1.29 is 5.11 Å². The lowest BCUT2D eigenvalue weighted by atomic mass is 9.97. The fourth-order valence-corrected chi connectivity index (χ4v) is 4.24. The maximum atomic E-state index is 10.5. The van der Waals surface area contributed by atoms with Gasteiger partial charge in [-0.05, 0) is 56.4 Å². The molecule has 0 radical (unpaired) electrons. The molecule has 1 fully saturated rings. The summed E-state index contributed by atoms with van der Waals surface area (Å²) in [5, 5.41) is 18.3. The number of thiophene rings is 1. The third-order valence-electron chi connectivity index (χ3n) is 4.86. The zero-order valence-corrected chi connectivity index (χ0v) is 18.6. The molecule has 144 valence electrons. The summed E-state index contributed by atoms with van der Waals surface area (Å²) in [5.41, 5.74) is 0. The highest BCUT2D eigenvalue weighted by Gasteiger charge is 2.17. The Morgan fingerprint density at radius 2 is 2.04 bits per heavy atom. The molecule has 0 aliphatic carbocycles. The number of halogens is 1. The van der Waals surface area contributed by atoms with E-state index < -0.39 is 6.10 Å². The van der Waals surface area contributed by atoms with Crippen LogP contribution in [0.5, 0.6) is 0 Å². The number of hydrogen-bond donors (Lipinski definition) is 3. The Kier molecular flexibility index (Phi) is 8.59. The van der Waals surface area contributed by atoms with Crippen LogP contribution in [0.25, 0.3) is 10.1 Å². The van der Waals surface area contributed by atoms with E-state index in [1.54, 1.807) is 18.4 Å². The Bertz CT molecular complexity index is 679. The largest absolute Gasteiger partial charge is 0.386 e. The number of nitrogens with zero attached hydrogens (tertiary/aromatic N) is 2. The summed E-state index contributed by atoms with van der Waals surface area (Å²) in [6, 6.07) is 10.3. The molecule has 2 aromatic rings. The lowest BCUT2D eigenvalue weighted by Gasteiger charge is -2.29. The van der Waals surface area contributed by atoms with Crippen LogP contribution >= 0.6 is 35.3 Å². The standard InChI is InChI=1S/C19H28N4OS.HI/c1-20-19(21-12-14-7-9-23(2)10-8-14)22-13-16(24)18-11-15-5-3-4-6-17(15)25-18;/h3-6,11,14,16,24H,7-10,12-13H2,1-2H3,(H2,20,21,22);1H. The second-order valence-electron chi connectivity index (χ2n) is 6.78. The highest BCUT2D eigenvalue weighted by molar-refractivity contribution is 14.0. The molecule has 1 unspecified atom stereocenters. The molecule has 0 amide bonds. The number of piperidine rings is 1. The number of aliphatic hydroxyl groups excluding tert-OH is 1. The van der Waals surface area contributed by atoms with Crippen molar-refractivity contribution in [2.45, 2.75) is 18.9 Å². The van der Waals surface area contributed by atoms with Gasteiger partial charge in [0.1, 0.15) is 6.10 Å².